The standard InChI is InChI=1S/C25H23ClF3N3O5S/c1-14-10-17(13-38(35,36)37-16(3)25(27,28)29)11-15(2)21(14)32-23(33)18-6-4-7-19(12-18)31-24(34)20-8-5-9-30-22(20)26/h4-12,16H,13H2,1-3H3,(H,31,34)(H,32,33). The molecule has 1 heterocycles. The van der Waals surface area contributed by atoms with Crippen LogP contribution >= 0.6 is 11.6 Å². The van der Waals surface area contributed by atoms with Crippen molar-refractivity contribution in [1.29, 1.82) is 0 Å². The van der Waals surface area contributed by atoms with Crippen LogP contribution in [0, 0.1) is 13.8 Å². The predicted molar refractivity (Wildman–Crippen MR) is 137 cm³/mol. The second kappa shape index (κ2) is 11.5. The Kier molecular flexibility index (Phi) is 8.80. The van der Waals surface area contributed by atoms with Gasteiger partial charge in [-0.05, 0) is 67.8 Å². The molecule has 0 radical (unpaired) electrons. The van der Waals surface area contributed by atoms with Crippen molar-refractivity contribution in [2.24, 2.45) is 0 Å². The van der Waals surface area contributed by atoms with Gasteiger partial charge in [0, 0.05) is 23.1 Å². The molecule has 0 saturated heterocycles. The zero-order valence-electron chi connectivity index (χ0n) is 20.4. The number of rotatable bonds is 8. The number of hydrogen-bond donors (Lipinski definition) is 2. The van der Waals surface area contributed by atoms with Gasteiger partial charge in [-0.2, -0.15) is 21.6 Å². The summed E-state index contributed by atoms with van der Waals surface area (Å²) in [5, 5.41) is 5.43. The number of amides is 2. The minimum Gasteiger partial charge on any atom is -0.322 e. The Labute approximate surface area is 222 Å². The van der Waals surface area contributed by atoms with E-state index in [-0.39, 0.29) is 21.8 Å². The maximum absolute atomic E-state index is 12.9. The highest BCUT2D eigenvalue weighted by Gasteiger charge is 2.40. The molecule has 1 atom stereocenters. The summed E-state index contributed by atoms with van der Waals surface area (Å²) in [4.78, 5) is 29.3. The van der Waals surface area contributed by atoms with E-state index in [1.54, 1.807) is 32.0 Å². The molecule has 1 aromatic heterocycles. The number of pyridine rings is 1. The summed E-state index contributed by atoms with van der Waals surface area (Å²) in [5.41, 5.74) is 2.30. The van der Waals surface area contributed by atoms with Crippen molar-refractivity contribution in [2.75, 3.05) is 10.6 Å². The maximum atomic E-state index is 12.9. The molecule has 0 aliphatic heterocycles. The summed E-state index contributed by atoms with van der Waals surface area (Å²) in [6.07, 6.45) is -5.85. The summed E-state index contributed by atoms with van der Waals surface area (Å²) < 4.78 is 66.5. The van der Waals surface area contributed by atoms with E-state index in [4.69, 9.17) is 11.6 Å². The first-order chi connectivity index (χ1) is 17.7. The van der Waals surface area contributed by atoms with Gasteiger partial charge in [0.25, 0.3) is 21.9 Å². The van der Waals surface area contributed by atoms with Crippen molar-refractivity contribution in [1.82, 2.24) is 4.98 Å². The average molecular weight is 570 g/mol. The fourth-order valence-electron chi connectivity index (χ4n) is 3.52. The predicted octanol–water partition coefficient (Wildman–Crippen LogP) is 5.65. The van der Waals surface area contributed by atoms with E-state index in [1.165, 1.54) is 36.5 Å². The zero-order chi connectivity index (χ0) is 28.3. The molecule has 1 unspecified atom stereocenters. The molecule has 0 saturated carbocycles. The topological polar surface area (TPSA) is 114 Å². The van der Waals surface area contributed by atoms with Crippen LogP contribution in [0.5, 0.6) is 0 Å². The lowest BCUT2D eigenvalue weighted by Gasteiger charge is -2.17. The van der Waals surface area contributed by atoms with Crippen molar-refractivity contribution in [3.8, 4) is 0 Å². The number of alkyl halides is 3. The molecule has 2 N–H and O–H groups in total. The number of benzene rings is 2. The lowest BCUT2D eigenvalue weighted by Crippen LogP contribution is -2.31. The Morgan fingerprint density at radius 2 is 1.68 bits per heavy atom. The lowest BCUT2D eigenvalue weighted by atomic mass is 10.0. The smallest absolute Gasteiger partial charge is 0.322 e. The average Bonchev–Trinajstić information content (AvgIpc) is 2.80. The molecule has 0 fully saturated rings. The third-order valence-electron chi connectivity index (χ3n) is 5.31. The Balaban J connectivity index is 1.73. The van der Waals surface area contributed by atoms with Gasteiger partial charge in [-0.3, -0.25) is 13.8 Å². The molecule has 8 nitrogen and oxygen atoms in total. The minimum atomic E-state index is -4.82. The van der Waals surface area contributed by atoms with Crippen LogP contribution in [0.4, 0.5) is 24.5 Å². The van der Waals surface area contributed by atoms with Crippen molar-refractivity contribution >= 4 is 44.9 Å². The number of nitrogens with zero attached hydrogens (tertiary/aromatic N) is 1. The van der Waals surface area contributed by atoms with Gasteiger partial charge in [-0.25, -0.2) is 4.98 Å². The van der Waals surface area contributed by atoms with Crippen molar-refractivity contribution in [3.05, 3.63) is 87.7 Å². The van der Waals surface area contributed by atoms with E-state index in [0.29, 0.717) is 29.4 Å². The van der Waals surface area contributed by atoms with Crippen molar-refractivity contribution in [3.63, 3.8) is 0 Å². The number of carbonyl (C=O) groups excluding carboxylic acids is 2. The Morgan fingerprint density at radius 1 is 1.03 bits per heavy atom. The van der Waals surface area contributed by atoms with Gasteiger partial charge >= 0.3 is 6.18 Å². The third-order valence-corrected chi connectivity index (χ3v) is 6.88. The quantitative estimate of drug-likeness (QED) is 0.267. The van der Waals surface area contributed by atoms with Crippen LogP contribution in [0.1, 0.15) is 44.3 Å². The number of carbonyl (C=O) groups is 2. The van der Waals surface area contributed by atoms with E-state index in [2.05, 4.69) is 19.8 Å². The van der Waals surface area contributed by atoms with E-state index in [1.807, 2.05) is 0 Å². The zero-order valence-corrected chi connectivity index (χ0v) is 22.0. The van der Waals surface area contributed by atoms with Crippen LogP contribution < -0.4 is 10.6 Å². The first kappa shape index (κ1) is 29.1. The molecule has 3 rings (SSSR count). The molecule has 0 aliphatic carbocycles. The van der Waals surface area contributed by atoms with Crippen molar-refractivity contribution in [2.45, 2.75) is 38.8 Å². The van der Waals surface area contributed by atoms with Gasteiger partial charge in [0.2, 0.25) is 0 Å². The fraction of sp³-hybridized carbons (Fsp3) is 0.240. The Hall–Kier alpha value is -3.48. The largest absolute Gasteiger partial charge is 0.415 e. The van der Waals surface area contributed by atoms with Gasteiger partial charge in [0.15, 0.2) is 6.10 Å². The van der Waals surface area contributed by atoms with Crippen LogP contribution in [0.15, 0.2) is 54.7 Å². The van der Waals surface area contributed by atoms with E-state index in [0.717, 1.165) is 0 Å². The second-order valence-electron chi connectivity index (χ2n) is 8.42. The third kappa shape index (κ3) is 7.53. The molecule has 13 heteroatoms. The van der Waals surface area contributed by atoms with E-state index >= 15 is 0 Å². The van der Waals surface area contributed by atoms with Gasteiger partial charge in [0.05, 0.1) is 5.56 Å². The first-order valence-electron chi connectivity index (χ1n) is 11.1. The van der Waals surface area contributed by atoms with Crippen LogP contribution in [0.25, 0.3) is 0 Å². The highest BCUT2D eigenvalue weighted by atomic mass is 35.5. The molecule has 2 aromatic carbocycles. The van der Waals surface area contributed by atoms with E-state index in [9.17, 15) is 31.2 Å². The minimum absolute atomic E-state index is 0.0301. The highest BCUT2D eigenvalue weighted by molar-refractivity contribution is 7.85. The maximum Gasteiger partial charge on any atom is 0.415 e. The second-order valence-corrected chi connectivity index (χ2v) is 10.4. The van der Waals surface area contributed by atoms with Crippen molar-refractivity contribution < 1.29 is 35.4 Å². The number of aryl methyl sites for hydroxylation is 2. The summed E-state index contributed by atoms with van der Waals surface area (Å²) in [5.74, 6) is -1.78. The van der Waals surface area contributed by atoms with Gasteiger partial charge in [-0.1, -0.05) is 29.8 Å². The SMILES string of the molecule is Cc1cc(CS(=O)(=O)OC(C)C(F)(F)F)cc(C)c1NC(=O)c1cccc(NC(=O)c2cccnc2Cl)c1. The van der Waals surface area contributed by atoms with Crippen LogP contribution in [0.2, 0.25) is 5.15 Å². The Morgan fingerprint density at radius 3 is 2.29 bits per heavy atom. The molecule has 38 heavy (non-hydrogen) atoms. The summed E-state index contributed by atoms with van der Waals surface area (Å²) in [6, 6.07) is 12.1. The monoisotopic (exact) mass is 569 g/mol. The fourth-order valence-corrected chi connectivity index (χ4v) is 4.92. The molecule has 3 aromatic rings. The van der Waals surface area contributed by atoms with Crippen LogP contribution in [0.3, 0.4) is 0 Å². The number of anilines is 2. The highest BCUT2D eigenvalue weighted by Crippen LogP contribution is 2.27. The normalized spacial score (nSPS) is 12.6. The Bertz CT molecular complexity index is 1460. The number of aromatic nitrogens is 1. The molecule has 0 spiro atoms. The van der Waals surface area contributed by atoms with Crippen LogP contribution in [-0.2, 0) is 20.1 Å². The molecular formula is C25H23ClF3N3O5S. The summed E-state index contributed by atoms with van der Waals surface area (Å²) in [6.45, 7) is 3.85. The molecule has 0 bridgehead atoms. The van der Waals surface area contributed by atoms with Gasteiger partial charge in [0.1, 0.15) is 10.9 Å². The molecule has 2 amide bonds. The number of hydrogen-bond acceptors (Lipinski definition) is 6. The number of nitrogens with one attached hydrogen (secondary N) is 2. The summed E-state index contributed by atoms with van der Waals surface area (Å²) in [7, 11) is -4.52. The molecule has 202 valence electrons. The van der Waals surface area contributed by atoms with Gasteiger partial charge in [-0.15, -0.1) is 0 Å². The van der Waals surface area contributed by atoms with Crippen LogP contribution in [-0.4, -0.2) is 37.5 Å². The molecular weight excluding hydrogens is 547 g/mol. The summed E-state index contributed by atoms with van der Waals surface area (Å²) >= 11 is 5.95. The number of halogens is 4. The first-order valence-corrected chi connectivity index (χ1v) is 13.0. The van der Waals surface area contributed by atoms with E-state index < -0.39 is 40.0 Å². The lowest BCUT2D eigenvalue weighted by molar-refractivity contribution is -0.188. The molecule has 0 aliphatic rings. The van der Waals surface area contributed by atoms with Gasteiger partial charge < -0.3 is 10.6 Å².